The highest BCUT2D eigenvalue weighted by atomic mass is 35.5. The highest BCUT2D eigenvalue weighted by Crippen LogP contribution is 2.35. The number of aliphatic imine (C=N–C) groups is 1. The molecule has 92 valence electrons. The second-order valence-electron chi connectivity index (χ2n) is 3.69. The van der Waals surface area contributed by atoms with Gasteiger partial charge in [0, 0.05) is 6.20 Å². The maximum Gasteiger partial charge on any atom is 0.150 e. The number of nitrogens with zero attached hydrogens (tertiary/aromatic N) is 3. The van der Waals surface area contributed by atoms with Gasteiger partial charge in [-0.25, -0.2) is 19.5 Å². The summed E-state index contributed by atoms with van der Waals surface area (Å²) in [7, 11) is 0. The van der Waals surface area contributed by atoms with Crippen molar-refractivity contribution in [1.82, 2.24) is 10.5 Å². The second-order valence-corrected chi connectivity index (χ2v) is 4.10. The first-order valence-corrected chi connectivity index (χ1v) is 5.48. The first-order chi connectivity index (χ1) is 8.68. The normalized spacial score (nSPS) is 17.3. The summed E-state index contributed by atoms with van der Waals surface area (Å²) in [6, 6.07) is 4.42. The van der Waals surface area contributed by atoms with Crippen LogP contribution in [0.3, 0.4) is 0 Å². The highest BCUT2D eigenvalue weighted by molar-refractivity contribution is 6.33. The Bertz CT molecular complexity index is 578. The van der Waals surface area contributed by atoms with Crippen molar-refractivity contribution in [2.24, 2.45) is 4.99 Å². The molecule has 0 fully saturated rings. The summed E-state index contributed by atoms with van der Waals surface area (Å²) in [6.07, 6.45) is 4.27. The summed E-state index contributed by atoms with van der Waals surface area (Å²) in [6.45, 7) is 0. The van der Waals surface area contributed by atoms with E-state index >= 15 is 0 Å². The predicted molar refractivity (Wildman–Crippen MR) is 65.3 cm³/mol. The molecular weight excluding hydrogens is 259 g/mol. The van der Waals surface area contributed by atoms with Crippen molar-refractivity contribution in [3.8, 4) is 0 Å². The van der Waals surface area contributed by atoms with Gasteiger partial charge in [0.25, 0.3) is 0 Å². The summed E-state index contributed by atoms with van der Waals surface area (Å²) >= 11 is 5.99. The lowest BCUT2D eigenvalue weighted by Crippen LogP contribution is -2.31. The van der Waals surface area contributed by atoms with Crippen LogP contribution in [-0.2, 0) is 0 Å². The number of benzene rings is 1. The topological polar surface area (TPSA) is 51.1 Å². The fourth-order valence-electron chi connectivity index (χ4n) is 1.81. The molecule has 0 saturated carbocycles. The number of para-hydroxylation sites is 1. The molecule has 0 aliphatic carbocycles. The van der Waals surface area contributed by atoms with Gasteiger partial charge in [-0.1, -0.05) is 17.7 Å². The average Bonchev–Trinajstić information content (AvgIpc) is 2.75. The Hall–Kier alpha value is -2.05. The summed E-state index contributed by atoms with van der Waals surface area (Å²) in [4.78, 5) is 3.84. The third-order valence-corrected chi connectivity index (χ3v) is 2.92. The van der Waals surface area contributed by atoms with E-state index in [1.165, 1.54) is 35.9 Å². The standard InChI is InChI=1S/C11H8ClFN4O/c12-7-2-1-3-8(13)11(7)17-10-4-14-6-16(18)9(10)5-15-17/h1-6,15,18H. The highest BCUT2D eigenvalue weighted by Gasteiger charge is 2.29. The Balaban J connectivity index is 2.06. The van der Waals surface area contributed by atoms with Crippen LogP contribution in [-0.4, -0.2) is 16.6 Å². The molecule has 0 saturated heterocycles. The summed E-state index contributed by atoms with van der Waals surface area (Å²) in [5.74, 6) is -0.468. The summed E-state index contributed by atoms with van der Waals surface area (Å²) in [5, 5.41) is 12.1. The predicted octanol–water partition coefficient (Wildman–Crippen LogP) is 2.22. The summed E-state index contributed by atoms with van der Waals surface area (Å²) in [5.41, 5.74) is 3.98. The van der Waals surface area contributed by atoms with Crippen LogP contribution < -0.4 is 10.4 Å². The van der Waals surface area contributed by atoms with E-state index in [0.29, 0.717) is 11.4 Å². The zero-order valence-electron chi connectivity index (χ0n) is 9.01. The van der Waals surface area contributed by atoms with E-state index < -0.39 is 5.82 Å². The van der Waals surface area contributed by atoms with Crippen LogP contribution in [0.15, 0.2) is 47.0 Å². The van der Waals surface area contributed by atoms with Gasteiger partial charge in [-0.2, -0.15) is 0 Å². The number of nitrogens with one attached hydrogen (secondary N) is 1. The molecule has 0 aromatic heterocycles. The number of hydroxylamine groups is 2. The Morgan fingerprint density at radius 3 is 2.94 bits per heavy atom. The van der Waals surface area contributed by atoms with E-state index in [2.05, 4.69) is 10.4 Å². The van der Waals surface area contributed by atoms with Crippen molar-refractivity contribution >= 4 is 23.6 Å². The first kappa shape index (κ1) is 11.1. The quantitative estimate of drug-likeness (QED) is 0.818. The molecule has 2 heterocycles. The van der Waals surface area contributed by atoms with Crippen molar-refractivity contribution in [1.29, 1.82) is 0 Å². The van der Waals surface area contributed by atoms with Crippen molar-refractivity contribution in [2.75, 3.05) is 5.01 Å². The molecule has 2 aliphatic rings. The minimum Gasteiger partial charge on any atom is -0.299 e. The molecule has 0 amide bonds. The molecule has 0 atom stereocenters. The van der Waals surface area contributed by atoms with E-state index in [1.54, 1.807) is 6.07 Å². The summed E-state index contributed by atoms with van der Waals surface area (Å²) < 4.78 is 13.8. The molecule has 0 bridgehead atoms. The lowest BCUT2D eigenvalue weighted by atomic mass is 10.2. The van der Waals surface area contributed by atoms with Crippen LogP contribution in [0.5, 0.6) is 0 Å². The number of halogens is 2. The molecule has 18 heavy (non-hydrogen) atoms. The molecule has 0 spiro atoms. The number of fused-ring (bicyclic) bond motifs is 1. The van der Waals surface area contributed by atoms with Crippen molar-refractivity contribution in [3.63, 3.8) is 0 Å². The molecule has 2 N–H and O–H groups in total. The van der Waals surface area contributed by atoms with Gasteiger partial charge in [0.1, 0.15) is 29.2 Å². The number of hydrazine groups is 1. The Labute approximate surface area is 107 Å². The second kappa shape index (κ2) is 4.01. The van der Waals surface area contributed by atoms with Gasteiger partial charge in [0.2, 0.25) is 0 Å². The van der Waals surface area contributed by atoms with Crippen LogP contribution in [0.25, 0.3) is 0 Å². The van der Waals surface area contributed by atoms with E-state index in [0.717, 1.165) is 5.06 Å². The van der Waals surface area contributed by atoms with E-state index in [4.69, 9.17) is 11.6 Å². The Morgan fingerprint density at radius 2 is 2.17 bits per heavy atom. The Kier molecular flexibility index (Phi) is 2.46. The fourth-order valence-corrected chi connectivity index (χ4v) is 2.06. The van der Waals surface area contributed by atoms with Gasteiger partial charge in [-0.15, -0.1) is 0 Å². The van der Waals surface area contributed by atoms with Crippen LogP contribution >= 0.6 is 11.6 Å². The minimum atomic E-state index is -0.468. The number of rotatable bonds is 1. The van der Waals surface area contributed by atoms with Crippen molar-refractivity contribution in [3.05, 3.63) is 52.8 Å². The number of hydrogen-bond acceptors (Lipinski definition) is 5. The van der Waals surface area contributed by atoms with Crippen molar-refractivity contribution < 1.29 is 9.60 Å². The molecule has 7 heteroatoms. The maximum absolute atomic E-state index is 13.8. The lowest BCUT2D eigenvalue weighted by molar-refractivity contribution is 0.0309. The first-order valence-electron chi connectivity index (χ1n) is 5.11. The monoisotopic (exact) mass is 266 g/mol. The van der Waals surface area contributed by atoms with Gasteiger partial charge < -0.3 is 0 Å². The Morgan fingerprint density at radius 1 is 1.33 bits per heavy atom. The number of anilines is 1. The van der Waals surface area contributed by atoms with Crippen LogP contribution in [0.1, 0.15) is 0 Å². The van der Waals surface area contributed by atoms with Gasteiger partial charge in [-0.05, 0) is 12.1 Å². The third-order valence-electron chi connectivity index (χ3n) is 2.61. The van der Waals surface area contributed by atoms with Gasteiger partial charge in [0.05, 0.1) is 11.2 Å². The molecular formula is C11H8ClFN4O. The van der Waals surface area contributed by atoms with E-state index in [-0.39, 0.29) is 10.7 Å². The molecule has 2 aliphatic heterocycles. The maximum atomic E-state index is 13.8. The molecule has 5 nitrogen and oxygen atoms in total. The van der Waals surface area contributed by atoms with Gasteiger partial charge >= 0.3 is 0 Å². The van der Waals surface area contributed by atoms with Crippen LogP contribution in [0, 0.1) is 5.82 Å². The van der Waals surface area contributed by atoms with Crippen LogP contribution in [0.4, 0.5) is 10.1 Å². The zero-order valence-corrected chi connectivity index (χ0v) is 9.76. The molecule has 1 aromatic carbocycles. The smallest absolute Gasteiger partial charge is 0.150 e. The van der Waals surface area contributed by atoms with Gasteiger partial charge in [0.15, 0.2) is 0 Å². The SMILES string of the molecule is ON1C=NC=C2C1=CNN2c1c(F)cccc1Cl. The van der Waals surface area contributed by atoms with Crippen LogP contribution in [0.2, 0.25) is 5.02 Å². The fraction of sp³-hybridized carbons (Fsp3) is 0. The minimum absolute atomic E-state index is 0.183. The molecule has 0 unspecified atom stereocenters. The van der Waals surface area contributed by atoms with E-state index in [1.807, 2.05) is 0 Å². The van der Waals surface area contributed by atoms with Gasteiger partial charge in [-0.3, -0.25) is 10.6 Å². The molecule has 0 radical (unpaired) electrons. The third kappa shape index (κ3) is 1.54. The largest absolute Gasteiger partial charge is 0.299 e. The number of hydrogen-bond donors (Lipinski definition) is 2. The lowest BCUT2D eigenvalue weighted by Gasteiger charge is -2.25. The van der Waals surface area contributed by atoms with E-state index in [9.17, 15) is 9.60 Å². The molecule has 1 aromatic rings. The average molecular weight is 267 g/mol. The zero-order chi connectivity index (χ0) is 12.7. The molecule has 3 rings (SSSR count). The van der Waals surface area contributed by atoms with Crippen molar-refractivity contribution in [2.45, 2.75) is 0 Å².